The van der Waals surface area contributed by atoms with Crippen LogP contribution in [0.25, 0.3) is 5.69 Å². The third-order valence-electron chi connectivity index (χ3n) is 4.78. The van der Waals surface area contributed by atoms with Crippen molar-refractivity contribution in [3.8, 4) is 5.69 Å². The number of carbonyl (C=O) groups is 1. The SMILES string of the molecule is COCCC1(NC(=O)CSc2nncn2-c2ccc(C)c(Cl)c2)CCC1. The van der Waals surface area contributed by atoms with Crippen molar-refractivity contribution in [2.75, 3.05) is 19.5 Å². The Morgan fingerprint density at radius 1 is 1.46 bits per heavy atom. The summed E-state index contributed by atoms with van der Waals surface area (Å²) in [5.74, 6) is 0.315. The highest BCUT2D eigenvalue weighted by Crippen LogP contribution is 2.35. The number of hydrogen-bond acceptors (Lipinski definition) is 5. The van der Waals surface area contributed by atoms with Gasteiger partial charge >= 0.3 is 0 Å². The summed E-state index contributed by atoms with van der Waals surface area (Å²) in [5.41, 5.74) is 1.80. The Morgan fingerprint density at radius 3 is 2.92 bits per heavy atom. The molecular formula is C18H23ClN4O2S. The van der Waals surface area contributed by atoms with Gasteiger partial charge in [0.1, 0.15) is 6.33 Å². The maximum absolute atomic E-state index is 12.4. The number of nitrogens with zero attached hydrogens (tertiary/aromatic N) is 3. The summed E-state index contributed by atoms with van der Waals surface area (Å²) in [4.78, 5) is 12.4. The van der Waals surface area contributed by atoms with Gasteiger partial charge in [0.25, 0.3) is 0 Å². The van der Waals surface area contributed by atoms with E-state index in [0.717, 1.165) is 36.9 Å². The highest BCUT2D eigenvalue weighted by molar-refractivity contribution is 7.99. The zero-order valence-corrected chi connectivity index (χ0v) is 16.6. The van der Waals surface area contributed by atoms with E-state index in [1.807, 2.05) is 29.7 Å². The Kier molecular flexibility index (Phi) is 6.21. The first-order valence-corrected chi connectivity index (χ1v) is 9.99. The van der Waals surface area contributed by atoms with Gasteiger partial charge in [0.05, 0.1) is 11.4 Å². The van der Waals surface area contributed by atoms with Crippen LogP contribution in [0.4, 0.5) is 0 Å². The standard InChI is InChI=1S/C18H23ClN4O2S/c1-13-4-5-14(10-15(13)19)23-12-20-22-17(23)26-11-16(24)21-18(6-3-7-18)8-9-25-2/h4-5,10,12H,3,6-9,11H2,1-2H3,(H,21,24). The van der Waals surface area contributed by atoms with E-state index >= 15 is 0 Å². The van der Waals surface area contributed by atoms with E-state index in [9.17, 15) is 4.79 Å². The Balaban J connectivity index is 1.61. The monoisotopic (exact) mass is 394 g/mol. The van der Waals surface area contributed by atoms with E-state index in [0.29, 0.717) is 22.5 Å². The molecule has 1 fully saturated rings. The minimum Gasteiger partial charge on any atom is -0.385 e. The van der Waals surface area contributed by atoms with Crippen molar-refractivity contribution in [1.82, 2.24) is 20.1 Å². The molecule has 1 heterocycles. The van der Waals surface area contributed by atoms with Crippen LogP contribution in [0, 0.1) is 6.92 Å². The quantitative estimate of drug-likeness (QED) is 0.695. The van der Waals surface area contributed by atoms with E-state index < -0.39 is 0 Å². The molecule has 0 unspecified atom stereocenters. The van der Waals surface area contributed by atoms with Gasteiger partial charge < -0.3 is 10.1 Å². The van der Waals surface area contributed by atoms with Crippen LogP contribution in [-0.4, -0.2) is 45.7 Å². The average molecular weight is 395 g/mol. The number of thioether (sulfide) groups is 1. The molecule has 1 N–H and O–H groups in total. The molecule has 0 aliphatic heterocycles. The third-order valence-corrected chi connectivity index (χ3v) is 6.13. The van der Waals surface area contributed by atoms with Gasteiger partial charge in [-0.25, -0.2) is 0 Å². The smallest absolute Gasteiger partial charge is 0.230 e. The Hall–Kier alpha value is -1.57. The number of ether oxygens (including phenoxy) is 1. The molecule has 1 aliphatic rings. The summed E-state index contributed by atoms with van der Waals surface area (Å²) in [7, 11) is 1.69. The number of methoxy groups -OCH3 is 1. The van der Waals surface area contributed by atoms with Crippen LogP contribution in [0.5, 0.6) is 0 Å². The van der Waals surface area contributed by atoms with Crippen molar-refractivity contribution >= 4 is 29.3 Å². The lowest BCUT2D eigenvalue weighted by atomic mass is 9.74. The first-order chi connectivity index (χ1) is 12.5. The van der Waals surface area contributed by atoms with E-state index in [-0.39, 0.29) is 11.4 Å². The number of halogens is 1. The van der Waals surface area contributed by atoms with Crippen LogP contribution in [0.15, 0.2) is 29.7 Å². The van der Waals surface area contributed by atoms with Gasteiger partial charge in [-0.1, -0.05) is 29.4 Å². The predicted octanol–water partition coefficient (Wildman–Crippen LogP) is 3.40. The summed E-state index contributed by atoms with van der Waals surface area (Å²) in [6, 6.07) is 5.79. The molecule has 0 atom stereocenters. The zero-order chi connectivity index (χ0) is 18.6. The van der Waals surface area contributed by atoms with Crippen LogP contribution in [0.3, 0.4) is 0 Å². The maximum Gasteiger partial charge on any atom is 0.230 e. The van der Waals surface area contributed by atoms with Gasteiger partial charge in [0, 0.05) is 24.3 Å². The van der Waals surface area contributed by atoms with Gasteiger partial charge in [-0.2, -0.15) is 0 Å². The Bertz CT molecular complexity index is 776. The molecule has 1 aromatic carbocycles. The molecule has 2 aromatic rings. The molecule has 6 nitrogen and oxygen atoms in total. The largest absolute Gasteiger partial charge is 0.385 e. The minimum atomic E-state index is -0.0915. The second-order valence-electron chi connectivity index (χ2n) is 6.63. The minimum absolute atomic E-state index is 0.0160. The van der Waals surface area contributed by atoms with E-state index in [2.05, 4.69) is 15.5 Å². The van der Waals surface area contributed by atoms with Crippen LogP contribution < -0.4 is 5.32 Å². The molecule has 140 valence electrons. The summed E-state index contributed by atoms with van der Waals surface area (Å²) < 4.78 is 7.01. The molecule has 0 radical (unpaired) electrons. The van der Waals surface area contributed by atoms with Crippen LogP contribution in [-0.2, 0) is 9.53 Å². The van der Waals surface area contributed by atoms with Crippen LogP contribution >= 0.6 is 23.4 Å². The third kappa shape index (κ3) is 4.39. The van der Waals surface area contributed by atoms with E-state index in [1.165, 1.54) is 11.8 Å². The van der Waals surface area contributed by atoms with Crippen molar-refractivity contribution < 1.29 is 9.53 Å². The van der Waals surface area contributed by atoms with Crippen LogP contribution in [0.2, 0.25) is 5.02 Å². The van der Waals surface area contributed by atoms with E-state index in [1.54, 1.807) is 13.4 Å². The zero-order valence-electron chi connectivity index (χ0n) is 15.0. The molecule has 0 spiro atoms. The van der Waals surface area contributed by atoms with Gasteiger partial charge in [-0.15, -0.1) is 10.2 Å². The molecule has 1 aromatic heterocycles. The van der Waals surface area contributed by atoms with Crippen molar-refractivity contribution in [2.24, 2.45) is 0 Å². The molecule has 1 saturated carbocycles. The number of aryl methyl sites for hydroxylation is 1. The predicted molar refractivity (Wildman–Crippen MR) is 103 cm³/mol. The number of rotatable bonds is 8. The molecule has 0 bridgehead atoms. The molecular weight excluding hydrogens is 372 g/mol. The topological polar surface area (TPSA) is 69.0 Å². The van der Waals surface area contributed by atoms with E-state index in [4.69, 9.17) is 16.3 Å². The molecule has 3 rings (SSSR count). The van der Waals surface area contributed by atoms with Gasteiger partial charge in [0.15, 0.2) is 5.16 Å². The second kappa shape index (κ2) is 8.41. The summed E-state index contributed by atoms with van der Waals surface area (Å²) in [6.07, 6.45) is 5.68. The first kappa shape index (κ1) is 19.2. The number of carbonyl (C=O) groups excluding carboxylic acids is 1. The van der Waals surface area contributed by atoms with Crippen molar-refractivity contribution in [3.05, 3.63) is 35.1 Å². The van der Waals surface area contributed by atoms with Crippen molar-refractivity contribution in [3.63, 3.8) is 0 Å². The van der Waals surface area contributed by atoms with Crippen molar-refractivity contribution in [1.29, 1.82) is 0 Å². The van der Waals surface area contributed by atoms with Gasteiger partial charge in [0.2, 0.25) is 5.91 Å². The Morgan fingerprint density at radius 2 is 2.27 bits per heavy atom. The Labute approximate surface area is 162 Å². The average Bonchev–Trinajstić information content (AvgIpc) is 3.06. The molecule has 1 amide bonds. The lowest BCUT2D eigenvalue weighted by Gasteiger charge is -2.42. The molecule has 0 saturated heterocycles. The molecule has 1 aliphatic carbocycles. The van der Waals surface area contributed by atoms with Gasteiger partial charge in [-0.05, 0) is 50.3 Å². The lowest BCUT2D eigenvalue weighted by molar-refractivity contribution is -0.121. The first-order valence-electron chi connectivity index (χ1n) is 8.62. The highest BCUT2D eigenvalue weighted by atomic mass is 35.5. The van der Waals surface area contributed by atoms with Crippen molar-refractivity contribution in [2.45, 2.75) is 43.3 Å². The summed E-state index contributed by atoms with van der Waals surface area (Å²) >= 11 is 7.58. The number of nitrogens with one attached hydrogen (secondary N) is 1. The fourth-order valence-electron chi connectivity index (χ4n) is 3.03. The normalized spacial score (nSPS) is 15.5. The summed E-state index contributed by atoms with van der Waals surface area (Å²) in [6.45, 7) is 2.62. The van der Waals surface area contributed by atoms with Crippen LogP contribution in [0.1, 0.15) is 31.2 Å². The maximum atomic E-state index is 12.4. The number of aromatic nitrogens is 3. The summed E-state index contributed by atoms with van der Waals surface area (Å²) in [5, 5.41) is 12.6. The number of hydrogen-bond donors (Lipinski definition) is 1. The lowest BCUT2D eigenvalue weighted by Crippen LogP contribution is -2.54. The fraction of sp³-hybridized carbons (Fsp3) is 0.500. The highest BCUT2D eigenvalue weighted by Gasteiger charge is 2.37. The fourth-order valence-corrected chi connectivity index (χ4v) is 3.94. The molecule has 26 heavy (non-hydrogen) atoms. The number of benzene rings is 1. The van der Waals surface area contributed by atoms with Gasteiger partial charge in [-0.3, -0.25) is 9.36 Å². The number of amides is 1. The second-order valence-corrected chi connectivity index (χ2v) is 7.98. The molecule has 8 heteroatoms.